The van der Waals surface area contributed by atoms with Crippen molar-refractivity contribution in [3.8, 4) is 0 Å². The molecule has 0 aliphatic carbocycles. The molecule has 0 aliphatic heterocycles. The summed E-state index contributed by atoms with van der Waals surface area (Å²) in [5.41, 5.74) is 0. The summed E-state index contributed by atoms with van der Waals surface area (Å²) in [5.74, 6) is -0.544. The van der Waals surface area contributed by atoms with Crippen molar-refractivity contribution >= 4 is 25.4 Å². The molecule has 10 heteroatoms. The highest BCUT2D eigenvalue weighted by Gasteiger charge is 2.24. The summed E-state index contributed by atoms with van der Waals surface area (Å²) >= 11 is 0. The summed E-state index contributed by atoms with van der Waals surface area (Å²) in [7, 11) is -4.29. The minimum Gasteiger partial charge on any atom is -0.463 e. The summed E-state index contributed by atoms with van der Waals surface area (Å²) < 4.78 is 31.5. The molecule has 0 heterocycles. The molecular weight excluding hydrogens is 355 g/mol. The molecule has 0 saturated heterocycles. The number of carbonyl (C=O) groups excluding carboxylic acids is 3. The minimum absolute atomic E-state index is 0.0233. The molecular formula is C15H27O9P. The van der Waals surface area contributed by atoms with Crippen LogP contribution in [0.4, 0.5) is 0 Å². The zero-order valence-electron chi connectivity index (χ0n) is 14.9. The zero-order valence-corrected chi connectivity index (χ0v) is 15.8. The fourth-order valence-corrected chi connectivity index (χ4v) is 2.43. The molecule has 0 bridgehead atoms. The average Bonchev–Trinajstić information content (AvgIpc) is 2.49. The van der Waals surface area contributed by atoms with Gasteiger partial charge in [0.05, 0.1) is 13.2 Å². The van der Waals surface area contributed by atoms with Crippen molar-refractivity contribution in [2.45, 2.75) is 52.6 Å². The second-order valence-corrected chi connectivity index (χ2v) is 6.96. The predicted octanol–water partition coefficient (Wildman–Crippen LogP) is 1.81. The molecule has 25 heavy (non-hydrogen) atoms. The van der Waals surface area contributed by atoms with Gasteiger partial charge in [0.1, 0.15) is 24.3 Å². The van der Waals surface area contributed by atoms with Crippen LogP contribution in [0.1, 0.15) is 46.5 Å². The van der Waals surface area contributed by atoms with Crippen molar-refractivity contribution in [2.75, 3.05) is 26.4 Å². The minimum atomic E-state index is -4.29. The van der Waals surface area contributed by atoms with Gasteiger partial charge in [-0.2, -0.15) is 0 Å². The highest BCUT2D eigenvalue weighted by molar-refractivity contribution is 7.47. The molecule has 0 amide bonds. The van der Waals surface area contributed by atoms with E-state index >= 15 is 0 Å². The highest BCUT2D eigenvalue weighted by Crippen LogP contribution is 2.43. The fourth-order valence-electron chi connectivity index (χ4n) is 1.64. The van der Waals surface area contributed by atoms with E-state index in [2.05, 4.69) is 0 Å². The van der Waals surface area contributed by atoms with Crippen LogP contribution in [0.5, 0.6) is 0 Å². The Labute approximate surface area is 147 Å². The second-order valence-electron chi connectivity index (χ2n) is 5.50. The number of rotatable bonds is 15. The largest absolute Gasteiger partial charge is 0.472 e. The SMILES string of the molecule is CC(=O)CCCO[C@@H](COC(C)=O)COP(=O)(O)OCCCC(C)=O. The maximum Gasteiger partial charge on any atom is 0.472 e. The fraction of sp³-hybridized carbons (Fsp3) is 0.800. The third kappa shape index (κ3) is 16.1. The van der Waals surface area contributed by atoms with Gasteiger partial charge in [0.2, 0.25) is 0 Å². The van der Waals surface area contributed by atoms with Gasteiger partial charge in [0.25, 0.3) is 0 Å². The van der Waals surface area contributed by atoms with Crippen molar-refractivity contribution in [1.29, 1.82) is 0 Å². The van der Waals surface area contributed by atoms with Crippen LogP contribution in [-0.2, 0) is 37.5 Å². The van der Waals surface area contributed by atoms with E-state index in [1.807, 2.05) is 0 Å². The van der Waals surface area contributed by atoms with Crippen LogP contribution < -0.4 is 0 Å². The predicted molar refractivity (Wildman–Crippen MR) is 87.9 cm³/mol. The van der Waals surface area contributed by atoms with Crippen molar-refractivity contribution in [1.82, 2.24) is 0 Å². The number of phosphoric acid groups is 1. The van der Waals surface area contributed by atoms with Gasteiger partial charge < -0.3 is 24.0 Å². The van der Waals surface area contributed by atoms with Gasteiger partial charge >= 0.3 is 13.8 Å². The number of hydrogen-bond donors (Lipinski definition) is 1. The van der Waals surface area contributed by atoms with Gasteiger partial charge in [-0.3, -0.25) is 13.8 Å². The summed E-state index contributed by atoms with van der Waals surface area (Å²) in [6.45, 7) is 3.74. The molecule has 0 aromatic carbocycles. The lowest BCUT2D eigenvalue weighted by Gasteiger charge is -2.19. The van der Waals surface area contributed by atoms with Crippen molar-refractivity contribution in [3.05, 3.63) is 0 Å². The summed E-state index contributed by atoms with van der Waals surface area (Å²) in [4.78, 5) is 42.1. The molecule has 2 atom stereocenters. The zero-order chi connectivity index (χ0) is 19.3. The van der Waals surface area contributed by atoms with Gasteiger partial charge in [-0.15, -0.1) is 0 Å². The average molecular weight is 382 g/mol. The Morgan fingerprint density at radius 1 is 0.920 bits per heavy atom. The molecule has 0 spiro atoms. The first-order chi connectivity index (χ1) is 11.6. The van der Waals surface area contributed by atoms with E-state index < -0.39 is 19.9 Å². The van der Waals surface area contributed by atoms with Crippen molar-refractivity contribution in [3.63, 3.8) is 0 Å². The molecule has 146 valence electrons. The van der Waals surface area contributed by atoms with E-state index in [0.29, 0.717) is 19.3 Å². The van der Waals surface area contributed by atoms with E-state index in [9.17, 15) is 23.8 Å². The lowest BCUT2D eigenvalue weighted by molar-refractivity contribution is -0.146. The summed E-state index contributed by atoms with van der Waals surface area (Å²) in [6, 6.07) is 0. The van der Waals surface area contributed by atoms with Crippen LogP contribution in [0.2, 0.25) is 0 Å². The number of carbonyl (C=O) groups is 3. The Kier molecular flexibility index (Phi) is 12.5. The van der Waals surface area contributed by atoms with Crippen molar-refractivity contribution < 1.29 is 42.4 Å². The molecule has 0 fully saturated rings. The van der Waals surface area contributed by atoms with E-state index in [-0.39, 0.29) is 44.4 Å². The van der Waals surface area contributed by atoms with Gasteiger partial charge in [0, 0.05) is 26.4 Å². The van der Waals surface area contributed by atoms with Crippen LogP contribution in [0.3, 0.4) is 0 Å². The number of Topliss-reactive ketones (excluding diaryl/α,β-unsaturated/α-hetero) is 2. The van der Waals surface area contributed by atoms with E-state index in [1.54, 1.807) is 0 Å². The smallest absolute Gasteiger partial charge is 0.463 e. The first-order valence-corrected chi connectivity index (χ1v) is 9.47. The maximum absolute atomic E-state index is 11.7. The third-order valence-corrected chi connectivity index (χ3v) is 3.83. The molecule has 0 aromatic heterocycles. The molecule has 9 nitrogen and oxygen atoms in total. The van der Waals surface area contributed by atoms with Crippen LogP contribution in [0.25, 0.3) is 0 Å². The number of esters is 1. The number of phosphoric ester groups is 1. The van der Waals surface area contributed by atoms with Gasteiger partial charge in [-0.05, 0) is 26.7 Å². The quantitative estimate of drug-likeness (QED) is 0.256. The van der Waals surface area contributed by atoms with E-state index in [1.165, 1.54) is 20.8 Å². The molecule has 1 unspecified atom stereocenters. The molecule has 0 radical (unpaired) electrons. The number of ether oxygens (including phenoxy) is 2. The molecule has 0 aliphatic rings. The lowest BCUT2D eigenvalue weighted by atomic mass is 10.2. The Bertz CT molecular complexity index is 478. The first-order valence-electron chi connectivity index (χ1n) is 7.98. The van der Waals surface area contributed by atoms with Crippen molar-refractivity contribution in [2.24, 2.45) is 0 Å². The lowest BCUT2D eigenvalue weighted by Crippen LogP contribution is -2.27. The maximum atomic E-state index is 11.7. The van der Waals surface area contributed by atoms with Gasteiger partial charge in [0.15, 0.2) is 0 Å². The first kappa shape index (κ1) is 23.9. The Morgan fingerprint density at radius 3 is 2.00 bits per heavy atom. The molecule has 0 aromatic rings. The highest BCUT2D eigenvalue weighted by atomic mass is 31.2. The van der Waals surface area contributed by atoms with Gasteiger partial charge in [-0.1, -0.05) is 0 Å². The molecule has 0 rings (SSSR count). The Morgan fingerprint density at radius 2 is 1.48 bits per heavy atom. The third-order valence-electron chi connectivity index (χ3n) is 2.85. The standard InChI is InChI=1S/C15H27O9P/c1-12(16)6-4-8-21-15(10-22-14(3)18)11-24-25(19,20)23-9-5-7-13(2)17/h15H,4-11H2,1-3H3,(H,19,20)/t15-/m0/s1. The van der Waals surface area contributed by atoms with Gasteiger partial charge in [-0.25, -0.2) is 4.57 Å². The monoisotopic (exact) mass is 382 g/mol. The number of ketones is 2. The second kappa shape index (κ2) is 13.1. The van der Waals surface area contributed by atoms with Crippen LogP contribution >= 0.6 is 7.82 Å². The van der Waals surface area contributed by atoms with E-state index in [0.717, 1.165) is 0 Å². The topological polar surface area (TPSA) is 125 Å². The normalized spacial score (nSPS) is 14.6. The van der Waals surface area contributed by atoms with E-state index in [4.69, 9.17) is 18.5 Å². The summed E-state index contributed by atoms with van der Waals surface area (Å²) in [5, 5.41) is 0. The Balaban J connectivity index is 4.26. The van der Waals surface area contributed by atoms with Crippen LogP contribution in [0.15, 0.2) is 0 Å². The number of hydrogen-bond acceptors (Lipinski definition) is 8. The Hall–Kier alpha value is -1.12. The summed E-state index contributed by atoms with van der Waals surface area (Å²) in [6.07, 6.45) is 0.608. The molecule has 0 saturated carbocycles. The molecule has 1 N–H and O–H groups in total. The van der Waals surface area contributed by atoms with Crippen LogP contribution in [0, 0.1) is 0 Å². The van der Waals surface area contributed by atoms with Crippen LogP contribution in [-0.4, -0.2) is 55.0 Å².